The average Bonchev–Trinajstić information content (AvgIpc) is 3.08. The number of amides is 2. The normalized spacial score (nSPS) is 24.3. The zero-order chi connectivity index (χ0) is 13.5. The van der Waals surface area contributed by atoms with Crippen molar-refractivity contribution in [2.75, 3.05) is 31.1 Å². The molecule has 0 saturated carbocycles. The van der Waals surface area contributed by atoms with Crippen LogP contribution in [0.1, 0.15) is 12.0 Å². The van der Waals surface area contributed by atoms with Crippen molar-refractivity contribution >= 4 is 17.6 Å². The van der Waals surface area contributed by atoms with Crippen molar-refractivity contribution in [3.8, 4) is 0 Å². The number of aliphatic imine (C=N–C) groups is 1. The molecule has 0 aromatic heterocycles. The molecule has 1 fully saturated rings. The Bertz CT molecular complexity index is 583. The lowest BCUT2D eigenvalue weighted by molar-refractivity contribution is 0.226. The van der Waals surface area contributed by atoms with Crippen LogP contribution in [0, 0.1) is 0 Å². The molecule has 4 rings (SSSR count). The largest absolute Gasteiger partial charge is 0.370 e. The fourth-order valence-electron chi connectivity index (χ4n) is 3.39. The smallest absolute Gasteiger partial charge is 0.325 e. The molecule has 3 heterocycles. The third-order valence-electron chi connectivity index (χ3n) is 4.36. The number of fused-ring (bicyclic) bond motifs is 3. The Balaban J connectivity index is 1.60. The molecular weight excluding hydrogens is 252 g/mol. The van der Waals surface area contributed by atoms with Crippen LogP contribution in [-0.2, 0) is 6.42 Å². The number of hydrogen-bond acceptors (Lipinski definition) is 3. The first kappa shape index (κ1) is 11.8. The fourth-order valence-corrected chi connectivity index (χ4v) is 3.39. The highest BCUT2D eigenvalue weighted by Gasteiger charge is 2.41. The molecule has 1 saturated heterocycles. The van der Waals surface area contributed by atoms with Gasteiger partial charge in [0.15, 0.2) is 0 Å². The van der Waals surface area contributed by atoms with Crippen molar-refractivity contribution in [1.29, 1.82) is 0 Å². The van der Waals surface area contributed by atoms with Gasteiger partial charge in [0.25, 0.3) is 0 Å². The van der Waals surface area contributed by atoms with Crippen LogP contribution < -0.4 is 10.2 Å². The first-order valence-corrected chi connectivity index (χ1v) is 7.26. The lowest BCUT2D eigenvalue weighted by Crippen LogP contribution is -2.40. The van der Waals surface area contributed by atoms with Gasteiger partial charge in [0.05, 0.1) is 19.1 Å². The number of benzene rings is 1. The molecule has 1 aromatic carbocycles. The maximum Gasteiger partial charge on any atom is 0.325 e. The number of hydrogen-bond donors (Lipinski definition) is 1. The number of aryl methyl sites for hydroxylation is 1. The monoisotopic (exact) mass is 270 g/mol. The summed E-state index contributed by atoms with van der Waals surface area (Å²) in [5, 5.41) is 3.24. The zero-order valence-electron chi connectivity index (χ0n) is 11.4. The quantitative estimate of drug-likeness (QED) is 0.879. The molecular formula is C15H18N4O. The van der Waals surface area contributed by atoms with E-state index in [0.29, 0.717) is 12.6 Å². The third kappa shape index (κ3) is 1.77. The molecule has 1 unspecified atom stereocenters. The van der Waals surface area contributed by atoms with Gasteiger partial charge in [0.1, 0.15) is 5.84 Å². The van der Waals surface area contributed by atoms with Gasteiger partial charge in [-0.05, 0) is 24.5 Å². The molecule has 0 radical (unpaired) electrons. The molecule has 2 amide bonds. The van der Waals surface area contributed by atoms with Gasteiger partial charge in [-0.3, -0.25) is 9.89 Å². The topological polar surface area (TPSA) is 47.9 Å². The van der Waals surface area contributed by atoms with E-state index in [1.807, 2.05) is 15.9 Å². The number of amidine groups is 1. The summed E-state index contributed by atoms with van der Waals surface area (Å²) >= 11 is 0. The van der Waals surface area contributed by atoms with Gasteiger partial charge >= 0.3 is 6.03 Å². The minimum absolute atomic E-state index is 0.124. The van der Waals surface area contributed by atoms with Gasteiger partial charge in [0.2, 0.25) is 0 Å². The Morgan fingerprint density at radius 2 is 2.25 bits per heavy atom. The highest BCUT2D eigenvalue weighted by molar-refractivity contribution is 5.99. The SMILES string of the molecule is O=C1N(CC2=NCCN2)CC2CCc3ccccc3N12. The molecule has 104 valence electrons. The lowest BCUT2D eigenvalue weighted by Gasteiger charge is -2.30. The second-order valence-electron chi connectivity index (χ2n) is 5.61. The van der Waals surface area contributed by atoms with Crippen LogP contribution in [0.2, 0.25) is 0 Å². The van der Waals surface area contributed by atoms with Crippen LogP contribution in [0.5, 0.6) is 0 Å². The summed E-state index contributed by atoms with van der Waals surface area (Å²) in [6.45, 7) is 3.16. The molecule has 1 aromatic rings. The van der Waals surface area contributed by atoms with E-state index in [1.165, 1.54) is 5.56 Å². The van der Waals surface area contributed by atoms with E-state index in [0.717, 1.165) is 44.0 Å². The summed E-state index contributed by atoms with van der Waals surface area (Å²) in [5.74, 6) is 0.950. The Morgan fingerprint density at radius 3 is 3.10 bits per heavy atom. The van der Waals surface area contributed by atoms with E-state index in [4.69, 9.17) is 0 Å². The number of anilines is 1. The summed E-state index contributed by atoms with van der Waals surface area (Å²) in [6, 6.07) is 8.70. The van der Waals surface area contributed by atoms with Crippen molar-refractivity contribution < 1.29 is 4.79 Å². The average molecular weight is 270 g/mol. The number of urea groups is 1. The number of para-hydroxylation sites is 1. The minimum atomic E-state index is 0.124. The first-order valence-electron chi connectivity index (χ1n) is 7.26. The van der Waals surface area contributed by atoms with Crippen molar-refractivity contribution in [2.24, 2.45) is 4.99 Å². The van der Waals surface area contributed by atoms with Gasteiger partial charge in [0, 0.05) is 18.8 Å². The van der Waals surface area contributed by atoms with Gasteiger partial charge < -0.3 is 10.2 Å². The minimum Gasteiger partial charge on any atom is -0.370 e. The highest BCUT2D eigenvalue weighted by Crippen LogP contribution is 2.35. The number of nitrogens with zero attached hydrogens (tertiary/aromatic N) is 3. The van der Waals surface area contributed by atoms with Gasteiger partial charge in [-0.2, -0.15) is 0 Å². The molecule has 0 aliphatic carbocycles. The Morgan fingerprint density at radius 1 is 1.35 bits per heavy atom. The van der Waals surface area contributed by atoms with Crippen molar-refractivity contribution in [3.63, 3.8) is 0 Å². The number of nitrogens with one attached hydrogen (secondary N) is 1. The van der Waals surface area contributed by atoms with E-state index >= 15 is 0 Å². The zero-order valence-corrected chi connectivity index (χ0v) is 11.4. The second kappa shape index (κ2) is 4.51. The Kier molecular flexibility index (Phi) is 2.65. The Hall–Kier alpha value is -2.04. The summed E-state index contributed by atoms with van der Waals surface area (Å²) < 4.78 is 0. The van der Waals surface area contributed by atoms with E-state index < -0.39 is 0 Å². The van der Waals surface area contributed by atoms with Crippen LogP contribution >= 0.6 is 0 Å². The summed E-state index contributed by atoms with van der Waals surface area (Å²) in [7, 11) is 0. The Labute approximate surface area is 118 Å². The van der Waals surface area contributed by atoms with Crippen LogP contribution in [0.4, 0.5) is 10.5 Å². The number of carbonyl (C=O) groups is 1. The molecule has 5 nitrogen and oxygen atoms in total. The lowest BCUT2D eigenvalue weighted by atomic mass is 9.97. The number of rotatable bonds is 2. The molecule has 5 heteroatoms. The van der Waals surface area contributed by atoms with Crippen LogP contribution in [0.25, 0.3) is 0 Å². The van der Waals surface area contributed by atoms with Crippen molar-refractivity contribution in [2.45, 2.75) is 18.9 Å². The van der Waals surface area contributed by atoms with Crippen molar-refractivity contribution in [3.05, 3.63) is 29.8 Å². The maximum absolute atomic E-state index is 12.7. The highest BCUT2D eigenvalue weighted by atomic mass is 16.2. The number of carbonyl (C=O) groups excluding carboxylic acids is 1. The third-order valence-corrected chi connectivity index (χ3v) is 4.36. The maximum atomic E-state index is 12.7. The van der Waals surface area contributed by atoms with Crippen LogP contribution in [0.15, 0.2) is 29.3 Å². The van der Waals surface area contributed by atoms with Crippen molar-refractivity contribution in [1.82, 2.24) is 10.2 Å². The molecule has 20 heavy (non-hydrogen) atoms. The van der Waals surface area contributed by atoms with E-state index in [-0.39, 0.29) is 6.03 Å². The molecule has 0 bridgehead atoms. The van der Waals surface area contributed by atoms with Gasteiger partial charge in [-0.15, -0.1) is 0 Å². The predicted molar refractivity (Wildman–Crippen MR) is 78.3 cm³/mol. The predicted octanol–water partition coefficient (Wildman–Crippen LogP) is 1.25. The second-order valence-corrected chi connectivity index (χ2v) is 5.61. The molecule has 3 aliphatic heterocycles. The van der Waals surface area contributed by atoms with Gasteiger partial charge in [-0.25, -0.2) is 4.79 Å². The van der Waals surface area contributed by atoms with Gasteiger partial charge in [-0.1, -0.05) is 18.2 Å². The summed E-state index contributed by atoms with van der Waals surface area (Å²) in [4.78, 5) is 20.9. The standard InChI is InChI=1S/C15H18N4O/c20-15-18(10-14-16-7-8-17-14)9-12-6-5-11-3-1-2-4-13(11)19(12)15/h1-4,12H,5-10H2,(H,16,17). The molecule has 0 spiro atoms. The van der Waals surface area contributed by atoms with E-state index in [2.05, 4.69) is 28.5 Å². The summed E-state index contributed by atoms with van der Waals surface area (Å²) in [6.07, 6.45) is 2.12. The molecule has 1 atom stereocenters. The van der Waals surface area contributed by atoms with Crippen LogP contribution in [0.3, 0.4) is 0 Å². The fraction of sp³-hybridized carbons (Fsp3) is 0.467. The molecule has 3 aliphatic rings. The summed E-state index contributed by atoms with van der Waals surface area (Å²) in [5.41, 5.74) is 2.38. The van der Waals surface area contributed by atoms with E-state index in [1.54, 1.807) is 0 Å². The molecule has 1 N–H and O–H groups in total. The first-order chi connectivity index (χ1) is 9.83. The van der Waals surface area contributed by atoms with Crippen LogP contribution in [-0.4, -0.2) is 49.0 Å². The van der Waals surface area contributed by atoms with E-state index in [9.17, 15) is 4.79 Å².